The largest absolute Gasteiger partial charge is 0.480 e. The third kappa shape index (κ3) is 9.29. The van der Waals surface area contributed by atoms with E-state index in [0.29, 0.717) is 24.6 Å². The van der Waals surface area contributed by atoms with E-state index in [1.807, 2.05) is 72.8 Å². The lowest BCUT2D eigenvalue weighted by atomic mass is 9.93. The lowest BCUT2D eigenvalue weighted by Crippen LogP contribution is -2.49. The number of nitrogens with zero attached hydrogens (tertiary/aromatic N) is 3. The number of aliphatic carboxylic acids is 1. The normalized spacial score (nSPS) is 19.0. The van der Waals surface area contributed by atoms with Crippen molar-refractivity contribution in [3.63, 3.8) is 0 Å². The molecule has 47 heavy (non-hydrogen) atoms. The highest BCUT2D eigenvalue weighted by Gasteiger charge is 2.37. The van der Waals surface area contributed by atoms with Crippen molar-refractivity contribution in [2.24, 2.45) is 4.99 Å². The highest BCUT2D eigenvalue weighted by molar-refractivity contribution is 5.98. The van der Waals surface area contributed by atoms with Crippen LogP contribution in [0.25, 0.3) is 0 Å². The van der Waals surface area contributed by atoms with E-state index in [2.05, 4.69) is 32.9 Å². The van der Waals surface area contributed by atoms with Crippen LogP contribution < -0.4 is 16.0 Å². The number of amides is 2. The molecule has 5 rings (SSSR count). The number of nitrogens with one attached hydrogen (secondary N) is 3. The number of anilines is 1. The van der Waals surface area contributed by atoms with Gasteiger partial charge >= 0.3 is 12.1 Å². The van der Waals surface area contributed by atoms with E-state index >= 15 is 0 Å². The van der Waals surface area contributed by atoms with Crippen LogP contribution >= 0.6 is 0 Å². The van der Waals surface area contributed by atoms with Crippen LogP contribution in [0.15, 0.2) is 84.0 Å². The van der Waals surface area contributed by atoms with Crippen LogP contribution in [0.2, 0.25) is 0 Å². The van der Waals surface area contributed by atoms with Gasteiger partial charge in [-0.1, -0.05) is 74.4 Å². The molecular weight excluding hydrogens is 600 g/mol. The molecule has 1 aromatic heterocycles. The molecule has 12 heteroatoms. The number of fused-ring (bicyclic) bond motifs is 1. The van der Waals surface area contributed by atoms with Crippen LogP contribution in [0.4, 0.5) is 16.3 Å². The van der Waals surface area contributed by atoms with Crippen molar-refractivity contribution in [3.05, 3.63) is 90.1 Å². The van der Waals surface area contributed by atoms with Crippen LogP contribution in [-0.4, -0.2) is 83.2 Å². The SMILES string of the molecule is CCCCC1C(NC(CNC(=O)COC2CC(CNc3ccccn3)N(C(=O)OCc3ccccc3)C2)C(=O)O)=Nc2ccccc21. The number of unbranched alkanes of at least 4 members (excludes halogenated alkanes) is 1. The Kier molecular flexibility index (Phi) is 11.8. The summed E-state index contributed by atoms with van der Waals surface area (Å²) in [5, 5.41) is 18.9. The van der Waals surface area contributed by atoms with Crippen molar-refractivity contribution in [3.8, 4) is 0 Å². The molecule has 2 aliphatic rings. The van der Waals surface area contributed by atoms with Crippen molar-refractivity contribution in [1.29, 1.82) is 0 Å². The van der Waals surface area contributed by atoms with E-state index in [1.165, 1.54) is 0 Å². The summed E-state index contributed by atoms with van der Waals surface area (Å²) in [5.74, 6) is -0.280. The highest BCUT2D eigenvalue weighted by atomic mass is 16.6. The van der Waals surface area contributed by atoms with Gasteiger partial charge in [0.15, 0.2) is 0 Å². The maximum atomic E-state index is 13.1. The van der Waals surface area contributed by atoms with Crippen molar-refractivity contribution in [2.45, 2.75) is 63.3 Å². The fourth-order valence-corrected chi connectivity index (χ4v) is 5.81. The Hall–Kier alpha value is -4.97. The van der Waals surface area contributed by atoms with Gasteiger partial charge in [0.05, 0.1) is 24.4 Å². The van der Waals surface area contributed by atoms with Gasteiger partial charge < -0.3 is 35.4 Å². The van der Waals surface area contributed by atoms with Gasteiger partial charge in [0.2, 0.25) is 5.91 Å². The molecule has 0 aliphatic carbocycles. The molecule has 0 spiro atoms. The summed E-state index contributed by atoms with van der Waals surface area (Å²) in [5.41, 5.74) is 2.79. The van der Waals surface area contributed by atoms with Gasteiger partial charge in [-0.15, -0.1) is 0 Å². The number of aliphatic imine (C=N–C) groups is 1. The Morgan fingerprint density at radius 1 is 1.04 bits per heavy atom. The molecule has 2 amide bonds. The van der Waals surface area contributed by atoms with Crippen LogP contribution in [-0.2, 0) is 25.7 Å². The van der Waals surface area contributed by atoms with Gasteiger partial charge in [-0.05, 0) is 42.2 Å². The average molecular weight is 643 g/mol. The summed E-state index contributed by atoms with van der Waals surface area (Å²) in [4.78, 5) is 48.6. The molecule has 4 unspecified atom stereocenters. The molecule has 2 aromatic carbocycles. The summed E-state index contributed by atoms with van der Waals surface area (Å²) in [7, 11) is 0. The van der Waals surface area contributed by atoms with Crippen LogP contribution in [0.1, 0.15) is 49.7 Å². The number of hydrogen-bond donors (Lipinski definition) is 4. The lowest BCUT2D eigenvalue weighted by Gasteiger charge is -2.24. The Labute approximate surface area is 274 Å². The summed E-state index contributed by atoms with van der Waals surface area (Å²) < 4.78 is 11.5. The Bertz CT molecular complexity index is 1520. The molecule has 248 valence electrons. The van der Waals surface area contributed by atoms with E-state index in [9.17, 15) is 19.5 Å². The van der Waals surface area contributed by atoms with Crippen molar-refractivity contribution < 1.29 is 29.0 Å². The summed E-state index contributed by atoms with van der Waals surface area (Å²) in [6, 6.07) is 21.5. The molecule has 4 N–H and O–H groups in total. The molecule has 12 nitrogen and oxygen atoms in total. The number of carboxylic acids is 1. The number of carbonyl (C=O) groups excluding carboxylic acids is 2. The molecule has 3 heterocycles. The van der Waals surface area contributed by atoms with Gasteiger partial charge in [-0.25, -0.2) is 19.6 Å². The maximum Gasteiger partial charge on any atom is 0.410 e. The predicted octanol–water partition coefficient (Wildman–Crippen LogP) is 4.47. The second kappa shape index (κ2) is 16.5. The molecule has 3 aromatic rings. The molecule has 0 radical (unpaired) electrons. The number of amidine groups is 1. The minimum Gasteiger partial charge on any atom is -0.480 e. The van der Waals surface area contributed by atoms with Crippen molar-refractivity contribution >= 4 is 35.3 Å². The number of benzene rings is 2. The van der Waals surface area contributed by atoms with Gasteiger partial charge in [0.25, 0.3) is 0 Å². The molecule has 2 aliphatic heterocycles. The quantitative estimate of drug-likeness (QED) is 0.188. The molecular formula is C35H42N6O6. The van der Waals surface area contributed by atoms with Gasteiger partial charge in [-0.2, -0.15) is 0 Å². The lowest BCUT2D eigenvalue weighted by molar-refractivity contribution is -0.139. The maximum absolute atomic E-state index is 13.1. The molecule has 0 bridgehead atoms. The molecule has 1 fully saturated rings. The van der Waals surface area contributed by atoms with Gasteiger partial charge in [0.1, 0.15) is 30.9 Å². The molecule has 0 saturated carbocycles. The molecule has 1 saturated heterocycles. The predicted molar refractivity (Wildman–Crippen MR) is 178 cm³/mol. The van der Waals surface area contributed by atoms with E-state index in [4.69, 9.17) is 9.47 Å². The number of carbonyl (C=O) groups is 3. The first-order valence-corrected chi connectivity index (χ1v) is 16.1. The van der Waals surface area contributed by atoms with E-state index in [0.717, 1.165) is 36.1 Å². The zero-order chi connectivity index (χ0) is 33.0. The van der Waals surface area contributed by atoms with E-state index in [1.54, 1.807) is 11.1 Å². The number of para-hydroxylation sites is 1. The minimum absolute atomic E-state index is 0.0168. The smallest absolute Gasteiger partial charge is 0.410 e. The number of pyridine rings is 1. The minimum atomic E-state index is -1.09. The van der Waals surface area contributed by atoms with Crippen LogP contribution in [0, 0.1) is 0 Å². The van der Waals surface area contributed by atoms with Gasteiger partial charge in [-0.3, -0.25) is 4.79 Å². The Morgan fingerprint density at radius 2 is 1.83 bits per heavy atom. The third-order valence-electron chi connectivity index (χ3n) is 8.30. The number of ether oxygens (including phenoxy) is 2. The van der Waals surface area contributed by atoms with Crippen LogP contribution in [0.3, 0.4) is 0 Å². The second-order valence-corrected chi connectivity index (χ2v) is 11.7. The first-order valence-electron chi connectivity index (χ1n) is 16.1. The van der Waals surface area contributed by atoms with Crippen molar-refractivity contribution in [2.75, 3.05) is 31.6 Å². The standard InChI is InChI=1S/C35H42N6O6/c1-2-3-13-28-27-14-7-8-15-29(27)39-33(28)40-30(34(43)44)20-38-32(42)23-46-26-18-25(19-37-31-16-9-10-17-36-31)41(21-26)35(45)47-22-24-11-5-4-6-12-24/h4-12,14-17,25-26,28,30H,2-3,13,18-23H2,1H3,(H,36,37)(H,38,42)(H,39,40)(H,43,44). The number of rotatable bonds is 15. The van der Waals surface area contributed by atoms with Crippen molar-refractivity contribution in [1.82, 2.24) is 20.5 Å². The second-order valence-electron chi connectivity index (χ2n) is 11.7. The van der Waals surface area contributed by atoms with E-state index < -0.39 is 30.1 Å². The summed E-state index contributed by atoms with van der Waals surface area (Å²) >= 11 is 0. The highest BCUT2D eigenvalue weighted by Crippen LogP contribution is 2.37. The fourth-order valence-electron chi connectivity index (χ4n) is 5.81. The number of carboxylic acid groups (broad SMARTS) is 1. The third-order valence-corrected chi connectivity index (χ3v) is 8.30. The Balaban J connectivity index is 1.13. The first-order chi connectivity index (χ1) is 22.9. The van der Waals surface area contributed by atoms with Crippen LogP contribution in [0.5, 0.6) is 0 Å². The topological polar surface area (TPSA) is 154 Å². The first kappa shape index (κ1) is 33.4. The average Bonchev–Trinajstić information content (AvgIpc) is 3.67. The molecule has 4 atom stereocenters. The zero-order valence-corrected chi connectivity index (χ0v) is 26.5. The number of likely N-dealkylation sites (tertiary alicyclic amines) is 1. The zero-order valence-electron chi connectivity index (χ0n) is 26.5. The monoisotopic (exact) mass is 642 g/mol. The number of aromatic nitrogens is 1. The summed E-state index contributed by atoms with van der Waals surface area (Å²) in [6.45, 7) is 2.49. The fraction of sp³-hybridized carbons (Fsp3) is 0.400. The summed E-state index contributed by atoms with van der Waals surface area (Å²) in [6.07, 6.45) is 4.12. The van der Waals surface area contributed by atoms with Gasteiger partial charge in [0, 0.05) is 25.2 Å². The Morgan fingerprint density at radius 3 is 2.60 bits per heavy atom. The van der Waals surface area contributed by atoms with E-state index in [-0.39, 0.29) is 38.3 Å². The number of hydrogen-bond acceptors (Lipinski definition) is 9.